The van der Waals surface area contributed by atoms with E-state index in [4.69, 9.17) is 0 Å². The number of nitrogens with zero attached hydrogens (tertiary/aromatic N) is 6. The molecule has 0 fully saturated rings. The molecule has 0 aliphatic rings. The summed E-state index contributed by atoms with van der Waals surface area (Å²) in [5.41, 5.74) is 11.6. The van der Waals surface area contributed by atoms with Crippen molar-refractivity contribution in [2.75, 3.05) is 0 Å². The minimum atomic E-state index is 0.363. The van der Waals surface area contributed by atoms with Gasteiger partial charge in [-0.1, -0.05) is 146 Å². The predicted molar refractivity (Wildman–Crippen MR) is 261 cm³/mol. The summed E-state index contributed by atoms with van der Waals surface area (Å²) in [6.07, 6.45) is 6.05. The Morgan fingerprint density at radius 3 is 1.00 bits per heavy atom. The van der Waals surface area contributed by atoms with Crippen molar-refractivity contribution in [2.24, 2.45) is 0 Å². The molecule has 12 aromatic rings. The second-order valence-electron chi connectivity index (χ2n) is 15.8. The Labute approximate surface area is 362 Å². The van der Waals surface area contributed by atoms with Crippen molar-refractivity contribution in [3.63, 3.8) is 0 Å². The lowest BCUT2D eigenvalue weighted by atomic mass is 9.98. The summed E-state index contributed by atoms with van der Waals surface area (Å²) in [6, 6.07) is 64.2. The molecule has 0 N–H and O–H groups in total. The second kappa shape index (κ2) is 13.9. The summed E-state index contributed by atoms with van der Waals surface area (Å²) in [6.45, 7) is 6.35. The zero-order valence-corrected chi connectivity index (χ0v) is 34.3. The van der Waals surface area contributed by atoms with Gasteiger partial charge in [0.1, 0.15) is 23.3 Å². The number of hydrogen-bond acceptors (Lipinski definition) is 2. The number of rotatable bonds is 6. The summed E-state index contributed by atoms with van der Waals surface area (Å²) < 4.78 is 8.94. The van der Waals surface area contributed by atoms with Crippen molar-refractivity contribution in [1.29, 1.82) is 10.5 Å². The zero-order valence-electron chi connectivity index (χ0n) is 34.3. The standard InChI is InChI=1S/C57H36N6/c1-3-19-46-36(4-2)37-20-5-12-27-47(37)61(46)55-44(34-58)54(60-48-28-13-6-21-38(48)39-22-7-14-29-49(39)60)45(35-59)56(62-50-30-15-8-23-40(50)41-24-9-16-31-51(41)62)57(55)63-52-32-17-10-25-42(52)43-26-11-18-33-53(43)63/h3-33H,2H2,1H3/b19-3-. The molecule has 4 heterocycles. The summed E-state index contributed by atoms with van der Waals surface area (Å²) in [5, 5.41) is 31.6. The van der Waals surface area contributed by atoms with Crippen molar-refractivity contribution in [2.45, 2.75) is 6.92 Å². The molecule has 0 aliphatic heterocycles. The molecule has 0 saturated heterocycles. The average Bonchev–Trinajstić information content (AvgIpc) is 4.05. The molecule has 0 saturated carbocycles. The van der Waals surface area contributed by atoms with Gasteiger partial charge in [0.2, 0.25) is 0 Å². The van der Waals surface area contributed by atoms with Crippen LogP contribution in [0.1, 0.15) is 29.3 Å². The van der Waals surface area contributed by atoms with Crippen molar-refractivity contribution >= 4 is 88.5 Å². The van der Waals surface area contributed by atoms with Crippen LogP contribution in [0.5, 0.6) is 0 Å². The van der Waals surface area contributed by atoms with E-state index in [0.29, 0.717) is 33.9 Å². The minimum absolute atomic E-state index is 0.363. The SMILES string of the molecule is C=Cc1c(/C=C\C)n(-c2c(C#N)c(-n3c4ccccc4c4ccccc43)c(C#N)c(-n3c4ccccc4c4ccccc43)c2-n2c3ccccc3c3ccccc32)c2ccccc12. The van der Waals surface area contributed by atoms with E-state index in [1.54, 1.807) is 0 Å². The number of allylic oxidation sites excluding steroid dienone is 1. The molecule has 0 amide bonds. The van der Waals surface area contributed by atoms with Crippen LogP contribution in [0.25, 0.3) is 111 Å². The fourth-order valence-corrected chi connectivity index (χ4v) is 10.3. The maximum Gasteiger partial charge on any atom is 0.104 e. The molecule has 0 bridgehead atoms. The molecule has 6 nitrogen and oxygen atoms in total. The topological polar surface area (TPSA) is 67.3 Å². The van der Waals surface area contributed by atoms with Crippen LogP contribution in [-0.4, -0.2) is 18.3 Å². The van der Waals surface area contributed by atoms with Crippen LogP contribution in [0.3, 0.4) is 0 Å². The summed E-state index contributed by atoms with van der Waals surface area (Å²) in [5.74, 6) is 0. The van der Waals surface area contributed by atoms with Crippen LogP contribution >= 0.6 is 0 Å². The first kappa shape index (κ1) is 36.0. The fourth-order valence-electron chi connectivity index (χ4n) is 10.3. The molecule has 0 unspecified atom stereocenters. The van der Waals surface area contributed by atoms with Crippen LogP contribution in [0.4, 0.5) is 0 Å². The fraction of sp³-hybridized carbons (Fsp3) is 0.0175. The quantitative estimate of drug-likeness (QED) is 0.168. The number of benzene rings is 8. The molecule has 4 aromatic heterocycles. The van der Waals surface area contributed by atoms with Crippen molar-refractivity contribution in [3.8, 4) is 34.9 Å². The molecule has 6 heteroatoms. The highest BCUT2D eigenvalue weighted by Gasteiger charge is 2.34. The highest BCUT2D eigenvalue weighted by Crippen LogP contribution is 2.48. The van der Waals surface area contributed by atoms with E-state index in [9.17, 15) is 10.5 Å². The first-order valence-corrected chi connectivity index (χ1v) is 21.1. The van der Waals surface area contributed by atoms with E-state index in [2.05, 4.69) is 177 Å². The van der Waals surface area contributed by atoms with E-state index in [1.807, 2.05) is 55.5 Å². The monoisotopic (exact) mass is 804 g/mol. The minimum Gasteiger partial charge on any atom is -0.306 e. The highest BCUT2D eigenvalue weighted by molar-refractivity contribution is 6.14. The number of para-hydroxylation sites is 7. The first-order valence-electron chi connectivity index (χ1n) is 21.1. The van der Waals surface area contributed by atoms with Gasteiger partial charge in [-0.2, -0.15) is 10.5 Å². The van der Waals surface area contributed by atoms with Crippen LogP contribution in [0.15, 0.2) is 183 Å². The van der Waals surface area contributed by atoms with Gasteiger partial charge in [-0.15, -0.1) is 0 Å². The van der Waals surface area contributed by atoms with Gasteiger partial charge in [-0.25, -0.2) is 0 Å². The van der Waals surface area contributed by atoms with E-state index in [1.165, 1.54) is 0 Å². The van der Waals surface area contributed by atoms with Crippen molar-refractivity contribution in [1.82, 2.24) is 18.3 Å². The molecule has 0 atom stereocenters. The molecule has 8 aromatic carbocycles. The van der Waals surface area contributed by atoms with Gasteiger partial charge in [-0.3, -0.25) is 0 Å². The van der Waals surface area contributed by atoms with Gasteiger partial charge in [0.15, 0.2) is 0 Å². The first-order chi connectivity index (χ1) is 31.2. The predicted octanol–water partition coefficient (Wildman–Crippen LogP) is 14.3. The third-order valence-electron chi connectivity index (χ3n) is 12.7. The summed E-state index contributed by atoms with van der Waals surface area (Å²) in [7, 11) is 0. The molecule has 0 spiro atoms. The van der Waals surface area contributed by atoms with Gasteiger partial charge in [0.25, 0.3) is 0 Å². The Kier molecular flexibility index (Phi) is 7.93. The van der Waals surface area contributed by atoms with Gasteiger partial charge >= 0.3 is 0 Å². The number of nitriles is 2. The van der Waals surface area contributed by atoms with Crippen LogP contribution < -0.4 is 0 Å². The van der Waals surface area contributed by atoms with Gasteiger partial charge in [-0.05, 0) is 55.5 Å². The Bertz CT molecular complexity index is 3870. The van der Waals surface area contributed by atoms with Crippen LogP contribution in [-0.2, 0) is 0 Å². The molecular weight excluding hydrogens is 769 g/mol. The largest absolute Gasteiger partial charge is 0.306 e. The van der Waals surface area contributed by atoms with E-state index < -0.39 is 0 Å². The average molecular weight is 805 g/mol. The lowest BCUT2D eigenvalue weighted by Gasteiger charge is -2.27. The van der Waals surface area contributed by atoms with Gasteiger partial charge < -0.3 is 18.3 Å². The molecule has 294 valence electrons. The summed E-state index contributed by atoms with van der Waals surface area (Å²) >= 11 is 0. The van der Waals surface area contributed by atoms with Gasteiger partial charge in [0.05, 0.1) is 67.1 Å². The van der Waals surface area contributed by atoms with E-state index >= 15 is 0 Å². The van der Waals surface area contributed by atoms with Gasteiger partial charge in [0, 0.05) is 43.3 Å². The second-order valence-corrected chi connectivity index (χ2v) is 15.8. The number of hydrogen-bond donors (Lipinski definition) is 0. The molecule has 0 radical (unpaired) electrons. The number of fused-ring (bicyclic) bond motifs is 10. The third kappa shape index (κ3) is 4.86. The Morgan fingerprint density at radius 1 is 0.381 bits per heavy atom. The van der Waals surface area contributed by atoms with Crippen molar-refractivity contribution < 1.29 is 0 Å². The highest BCUT2D eigenvalue weighted by atomic mass is 15.1. The molecular formula is C57H36N6. The maximum atomic E-state index is 12.2. The summed E-state index contributed by atoms with van der Waals surface area (Å²) in [4.78, 5) is 0. The lowest BCUT2D eigenvalue weighted by Crippen LogP contribution is -2.17. The Balaban J connectivity index is 1.47. The Hall–Kier alpha value is -8.84. The van der Waals surface area contributed by atoms with Crippen LogP contribution in [0.2, 0.25) is 0 Å². The molecule has 12 rings (SSSR count). The number of aromatic nitrogens is 4. The maximum absolute atomic E-state index is 12.2. The third-order valence-corrected chi connectivity index (χ3v) is 12.7. The van der Waals surface area contributed by atoms with Crippen molar-refractivity contribution in [3.05, 3.63) is 205 Å². The lowest BCUT2D eigenvalue weighted by molar-refractivity contribution is 1.00. The van der Waals surface area contributed by atoms with E-state index in [0.717, 1.165) is 87.6 Å². The Morgan fingerprint density at radius 2 is 0.667 bits per heavy atom. The van der Waals surface area contributed by atoms with E-state index in [-0.39, 0.29) is 0 Å². The van der Waals surface area contributed by atoms with Crippen LogP contribution in [0, 0.1) is 22.7 Å². The smallest absolute Gasteiger partial charge is 0.104 e. The normalized spacial score (nSPS) is 11.9. The zero-order chi connectivity index (χ0) is 42.3. The molecule has 0 aliphatic carbocycles. The molecule has 63 heavy (non-hydrogen) atoms.